The molecule has 5 heteroatoms. The van der Waals surface area contributed by atoms with Gasteiger partial charge in [-0.2, -0.15) is 5.26 Å². The molecule has 0 saturated carbocycles. The molecule has 0 aliphatic heterocycles. The first kappa shape index (κ1) is 12.5. The molecular weight excluding hydrogens is 242 g/mol. The van der Waals surface area contributed by atoms with E-state index in [1.807, 2.05) is 6.07 Å². The smallest absolute Gasteiger partial charge is 0.335 e. The molecule has 0 radical (unpaired) electrons. The Labute approximate surface area is 109 Å². The van der Waals surface area contributed by atoms with E-state index in [0.717, 1.165) is 5.69 Å². The summed E-state index contributed by atoms with van der Waals surface area (Å²) in [5, 5.41) is 20.6. The molecule has 0 saturated heterocycles. The Kier molecular flexibility index (Phi) is 3.35. The summed E-state index contributed by atoms with van der Waals surface area (Å²) in [6, 6.07) is 13.4. The van der Waals surface area contributed by atoms with Crippen LogP contribution in [0, 0.1) is 11.3 Å². The Morgan fingerprint density at radius 2 is 1.89 bits per heavy atom. The summed E-state index contributed by atoms with van der Waals surface area (Å²) in [6.07, 6.45) is 0. The van der Waals surface area contributed by atoms with Crippen LogP contribution in [0.4, 0.5) is 17.1 Å². The van der Waals surface area contributed by atoms with Gasteiger partial charge in [-0.25, -0.2) is 4.79 Å². The predicted octanol–water partition coefficient (Wildman–Crippen LogP) is 2.58. The van der Waals surface area contributed by atoms with Gasteiger partial charge in [0, 0.05) is 5.69 Å². The van der Waals surface area contributed by atoms with Crippen molar-refractivity contribution in [1.29, 1.82) is 5.26 Å². The summed E-state index contributed by atoms with van der Waals surface area (Å²) in [7, 11) is 0. The average Bonchev–Trinajstić information content (AvgIpc) is 2.41. The number of nitrogen functional groups attached to an aromatic ring is 1. The lowest BCUT2D eigenvalue weighted by atomic mass is 10.1. The van der Waals surface area contributed by atoms with Crippen LogP contribution >= 0.6 is 0 Å². The van der Waals surface area contributed by atoms with Crippen molar-refractivity contribution >= 4 is 23.0 Å². The number of carbonyl (C=O) groups is 1. The van der Waals surface area contributed by atoms with Crippen LogP contribution in [0.15, 0.2) is 42.5 Å². The van der Waals surface area contributed by atoms with Gasteiger partial charge in [0.2, 0.25) is 0 Å². The van der Waals surface area contributed by atoms with E-state index in [0.29, 0.717) is 16.9 Å². The zero-order valence-electron chi connectivity index (χ0n) is 9.92. The maximum atomic E-state index is 10.8. The second kappa shape index (κ2) is 5.10. The summed E-state index contributed by atoms with van der Waals surface area (Å²) < 4.78 is 0. The molecule has 5 nitrogen and oxygen atoms in total. The molecule has 0 heterocycles. The standard InChI is InChI=1S/C14H11N3O2/c15-8-9-1-4-11(5-2-9)17-13-6-3-10(14(18)19)7-12(13)16/h1-7,17H,16H2,(H,18,19). The van der Waals surface area contributed by atoms with Crippen LogP contribution < -0.4 is 11.1 Å². The fraction of sp³-hybridized carbons (Fsp3) is 0. The van der Waals surface area contributed by atoms with E-state index in [9.17, 15) is 4.79 Å². The van der Waals surface area contributed by atoms with Crippen molar-refractivity contribution in [2.45, 2.75) is 0 Å². The summed E-state index contributed by atoms with van der Waals surface area (Å²) in [4.78, 5) is 10.8. The molecule has 4 N–H and O–H groups in total. The Balaban J connectivity index is 2.23. The lowest BCUT2D eigenvalue weighted by Gasteiger charge is -2.10. The maximum Gasteiger partial charge on any atom is 0.335 e. The lowest BCUT2D eigenvalue weighted by Crippen LogP contribution is -2.01. The van der Waals surface area contributed by atoms with E-state index >= 15 is 0 Å². The number of nitriles is 1. The van der Waals surface area contributed by atoms with E-state index in [1.165, 1.54) is 12.1 Å². The van der Waals surface area contributed by atoms with Crippen LogP contribution in [0.1, 0.15) is 15.9 Å². The predicted molar refractivity (Wildman–Crippen MR) is 72.3 cm³/mol. The second-order valence-corrected chi connectivity index (χ2v) is 3.92. The van der Waals surface area contributed by atoms with E-state index in [1.54, 1.807) is 30.3 Å². The molecule has 19 heavy (non-hydrogen) atoms. The topological polar surface area (TPSA) is 99.1 Å². The fourth-order valence-electron chi connectivity index (χ4n) is 1.59. The fourth-order valence-corrected chi connectivity index (χ4v) is 1.59. The number of nitrogens with two attached hydrogens (primary N) is 1. The van der Waals surface area contributed by atoms with E-state index < -0.39 is 5.97 Å². The maximum absolute atomic E-state index is 10.8. The molecule has 0 amide bonds. The quantitative estimate of drug-likeness (QED) is 0.730. The van der Waals surface area contributed by atoms with Crippen LogP contribution in [0.25, 0.3) is 0 Å². The molecule has 0 unspecified atom stereocenters. The molecule has 0 aliphatic rings. The number of carboxylic acid groups (broad SMARTS) is 1. The third-order valence-electron chi connectivity index (χ3n) is 2.59. The van der Waals surface area contributed by atoms with Gasteiger partial charge in [0.15, 0.2) is 0 Å². The van der Waals surface area contributed by atoms with E-state index in [-0.39, 0.29) is 5.56 Å². The van der Waals surface area contributed by atoms with Crippen molar-refractivity contribution in [3.8, 4) is 6.07 Å². The molecular formula is C14H11N3O2. The molecule has 0 spiro atoms. The van der Waals surface area contributed by atoms with Crippen molar-refractivity contribution in [3.05, 3.63) is 53.6 Å². The molecule has 94 valence electrons. The summed E-state index contributed by atoms with van der Waals surface area (Å²) >= 11 is 0. The largest absolute Gasteiger partial charge is 0.478 e. The normalized spacial score (nSPS) is 9.63. The van der Waals surface area contributed by atoms with Crippen LogP contribution in [0.3, 0.4) is 0 Å². The van der Waals surface area contributed by atoms with E-state index in [2.05, 4.69) is 5.32 Å². The van der Waals surface area contributed by atoms with Gasteiger partial charge < -0.3 is 16.2 Å². The minimum absolute atomic E-state index is 0.142. The van der Waals surface area contributed by atoms with Crippen molar-refractivity contribution < 1.29 is 9.90 Å². The monoisotopic (exact) mass is 253 g/mol. The third kappa shape index (κ3) is 2.82. The number of nitrogens with zero attached hydrogens (tertiary/aromatic N) is 1. The number of benzene rings is 2. The Hall–Kier alpha value is -3.00. The van der Waals surface area contributed by atoms with Crippen LogP contribution in [-0.2, 0) is 0 Å². The number of carboxylic acids is 1. The number of anilines is 3. The number of hydrogen-bond acceptors (Lipinski definition) is 4. The van der Waals surface area contributed by atoms with Crippen molar-refractivity contribution in [2.75, 3.05) is 11.1 Å². The molecule has 0 atom stereocenters. The minimum atomic E-state index is -1.02. The number of nitrogens with one attached hydrogen (secondary N) is 1. The molecule has 2 aromatic rings. The molecule has 2 rings (SSSR count). The highest BCUT2D eigenvalue weighted by atomic mass is 16.4. The first-order valence-corrected chi connectivity index (χ1v) is 5.50. The summed E-state index contributed by atoms with van der Waals surface area (Å²) in [5.74, 6) is -1.02. The number of rotatable bonds is 3. The van der Waals surface area contributed by atoms with Gasteiger partial charge in [0.1, 0.15) is 0 Å². The highest BCUT2D eigenvalue weighted by Gasteiger charge is 2.06. The zero-order valence-corrected chi connectivity index (χ0v) is 9.92. The molecule has 2 aromatic carbocycles. The van der Waals surface area contributed by atoms with Crippen LogP contribution in [0.2, 0.25) is 0 Å². The summed E-state index contributed by atoms with van der Waals surface area (Å²) in [6.45, 7) is 0. The highest BCUT2D eigenvalue weighted by Crippen LogP contribution is 2.24. The molecule has 0 aromatic heterocycles. The van der Waals surface area contributed by atoms with Gasteiger partial charge in [-0.15, -0.1) is 0 Å². The Bertz CT molecular complexity index is 657. The summed E-state index contributed by atoms with van der Waals surface area (Å²) in [5.41, 5.74) is 8.24. The van der Waals surface area contributed by atoms with Crippen molar-refractivity contribution in [1.82, 2.24) is 0 Å². The SMILES string of the molecule is N#Cc1ccc(Nc2ccc(C(=O)O)cc2N)cc1. The van der Waals surface area contributed by atoms with Gasteiger partial charge in [-0.05, 0) is 42.5 Å². The molecule has 0 aliphatic carbocycles. The van der Waals surface area contributed by atoms with Gasteiger partial charge in [-0.3, -0.25) is 0 Å². The zero-order chi connectivity index (χ0) is 13.8. The number of aromatic carboxylic acids is 1. The van der Waals surface area contributed by atoms with Gasteiger partial charge in [-0.1, -0.05) is 0 Å². The molecule has 0 bridgehead atoms. The van der Waals surface area contributed by atoms with Gasteiger partial charge in [0.05, 0.1) is 28.6 Å². The Morgan fingerprint density at radius 3 is 2.42 bits per heavy atom. The Morgan fingerprint density at radius 1 is 1.21 bits per heavy atom. The average molecular weight is 253 g/mol. The third-order valence-corrected chi connectivity index (χ3v) is 2.59. The van der Waals surface area contributed by atoms with Gasteiger partial charge >= 0.3 is 5.97 Å². The molecule has 0 fully saturated rings. The lowest BCUT2D eigenvalue weighted by molar-refractivity contribution is 0.0697. The van der Waals surface area contributed by atoms with Crippen LogP contribution in [-0.4, -0.2) is 11.1 Å². The first-order valence-electron chi connectivity index (χ1n) is 5.50. The van der Waals surface area contributed by atoms with E-state index in [4.69, 9.17) is 16.1 Å². The van der Waals surface area contributed by atoms with Crippen molar-refractivity contribution in [2.24, 2.45) is 0 Å². The second-order valence-electron chi connectivity index (χ2n) is 3.92. The van der Waals surface area contributed by atoms with Crippen LogP contribution in [0.5, 0.6) is 0 Å². The minimum Gasteiger partial charge on any atom is -0.478 e. The number of hydrogen-bond donors (Lipinski definition) is 3. The van der Waals surface area contributed by atoms with Gasteiger partial charge in [0.25, 0.3) is 0 Å². The highest BCUT2D eigenvalue weighted by molar-refractivity contribution is 5.90. The van der Waals surface area contributed by atoms with Crippen molar-refractivity contribution in [3.63, 3.8) is 0 Å². The first-order chi connectivity index (χ1) is 9.10.